The van der Waals surface area contributed by atoms with Gasteiger partial charge in [-0.1, -0.05) is 18.2 Å². The van der Waals surface area contributed by atoms with Crippen molar-refractivity contribution in [1.82, 2.24) is 19.1 Å². The van der Waals surface area contributed by atoms with Crippen molar-refractivity contribution in [2.24, 2.45) is 0 Å². The van der Waals surface area contributed by atoms with Crippen molar-refractivity contribution in [2.45, 2.75) is 18.8 Å². The number of hydrogen-bond acceptors (Lipinski definition) is 6. The number of rotatable bonds is 4. The fraction of sp³-hybridized carbons (Fsp3) is 0.312. The van der Waals surface area contributed by atoms with Crippen molar-refractivity contribution in [3.63, 3.8) is 0 Å². The number of para-hydroxylation sites is 1. The highest BCUT2D eigenvalue weighted by molar-refractivity contribution is 7.09. The first-order valence-corrected chi connectivity index (χ1v) is 8.45. The van der Waals surface area contributed by atoms with E-state index in [1.807, 2.05) is 47.3 Å². The van der Waals surface area contributed by atoms with Crippen molar-refractivity contribution in [2.75, 3.05) is 18.5 Å². The Morgan fingerprint density at radius 2 is 1.96 bits per heavy atom. The van der Waals surface area contributed by atoms with Crippen molar-refractivity contribution in [1.29, 1.82) is 0 Å². The Hall–Kier alpha value is -2.25. The van der Waals surface area contributed by atoms with Gasteiger partial charge in [0.25, 0.3) is 0 Å². The molecule has 1 aliphatic rings. The molecule has 0 spiro atoms. The minimum Gasteiger partial charge on any atom is -0.381 e. The van der Waals surface area contributed by atoms with Crippen LogP contribution in [0.4, 0.5) is 10.9 Å². The molecular weight excluding hydrogens is 310 g/mol. The van der Waals surface area contributed by atoms with Gasteiger partial charge >= 0.3 is 0 Å². The van der Waals surface area contributed by atoms with Gasteiger partial charge in [0.05, 0.1) is 5.69 Å². The molecule has 0 radical (unpaired) electrons. The maximum absolute atomic E-state index is 5.39. The van der Waals surface area contributed by atoms with Crippen LogP contribution in [0.1, 0.15) is 24.6 Å². The molecule has 3 aromatic rings. The molecule has 118 valence electrons. The van der Waals surface area contributed by atoms with Crippen molar-refractivity contribution < 1.29 is 4.74 Å². The largest absolute Gasteiger partial charge is 0.381 e. The van der Waals surface area contributed by atoms with Crippen molar-refractivity contribution >= 4 is 22.5 Å². The second-order valence-corrected chi connectivity index (χ2v) is 6.20. The summed E-state index contributed by atoms with van der Waals surface area (Å²) >= 11 is 1.38. The van der Waals surface area contributed by atoms with Gasteiger partial charge in [0.1, 0.15) is 5.82 Å². The van der Waals surface area contributed by atoms with E-state index in [0.29, 0.717) is 5.92 Å². The summed E-state index contributed by atoms with van der Waals surface area (Å²) in [6, 6.07) is 12.0. The van der Waals surface area contributed by atoms with E-state index < -0.39 is 0 Å². The molecule has 0 amide bonds. The Kier molecular flexibility index (Phi) is 4.04. The molecule has 6 nitrogen and oxygen atoms in total. The molecule has 23 heavy (non-hydrogen) atoms. The molecule has 1 aromatic carbocycles. The second kappa shape index (κ2) is 6.47. The van der Waals surface area contributed by atoms with Crippen LogP contribution in [-0.2, 0) is 4.74 Å². The molecule has 1 N–H and O–H groups in total. The van der Waals surface area contributed by atoms with E-state index in [9.17, 15) is 0 Å². The van der Waals surface area contributed by atoms with Crippen molar-refractivity contribution in [3.8, 4) is 5.69 Å². The molecule has 4 rings (SSSR count). The van der Waals surface area contributed by atoms with Crippen LogP contribution in [0.25, 0.3) is 5.69 Å². The summed E-state index contributed by atoms with van der Waals surface area (Å²) in [4.78, 5) is 4.60. The molecular formula is C16H17N5OS. The molecule has 0 atom stereocenters. The molecule has 0 bridgehead atoms. The van der Waals surface area contributed by atoms with Gasteiger partial charge in [0.2, 0.25) is 5.13 Å². The maximum Gasteiger partial charge on any atom is 0.208 e. The molecule has 1 saturated heterocycles. The molecule has 0 aliphatic carbocycles. The smallest absolute Gasteiger partial charge is 0.208 e. The van der Waals surface area contributed by atoms with Gasteiger partial charge in [-0.3, -0.25) is 0 Å². The Balaban J connectivity index is 1.46. The fourth-order valence-corrected chi connectivity index (χ4v) is 3.29. The number of nitrogens with one attached hydrogen (secondary N) is 1. The Morgan fingerprint density at radius 1 is 1.13 bits per heavy atom. The van der Waals surface area contributed by atoms with Gasteiger partial charge in [-0.25, -0.2) is 9.67 Å². The summed E-state index contributed by atoms with van der Waals surface area (Å²) in [5, 5.41) is 8.54. The summed E-state index contributed by atoms with van der Waals surface area (Å²) in [6.45, 7) is 1.60. The highest BCUT2D eigenvalue weighted by Gasteiger charge is 2.20. The van der Waals surface area contributed by atoms with E-state index in [0.717, 1.165) is 48.5 Å². The van der Waals surface area contributed by atoms with E-state index in [2.05, 4.69) is 19.8 Å². The summed E-state index contributed by atoms with van der Waals surface area (Å²) in [5.41, 5.74) is 1.03. The zero-order valence-electron chi connectivity index (χ0n) is 12.6. The van der Waals surface area contributed by atoms with Crippen LogP contribution in [-0.4, -0.2) is 32.4 Å². The lowest BCUT2D eigenvalue weighted by atomic mass is 10.00. The second-order valence-electron chi connectivity index (χ2n) is 5.45. The molecule has 7 heteroatoms. The summed E-state index contributed by atoms with van der Waals surface area (Å²) in [7, 11) is 0. The zero-order chi connectivity index (χ0) is 15.5. The first-order valence-electron chi connectivity index (χ1n) is 7.68. The average Bonchev–Trinajstić information content (AvgIpc) is 3.27. The number of hydrogen-bond donors (Lipinski definition) is 1. The number of nitrogens with zero attached hydrogens (tertiary/aromatic N) is 4. The third kappa shape index (κ3) is 3.25. The number of anilines is 2. The van der Waals surface area contributed by atoms with Gasteiger partial charge in [-0.05, 0) is 25.0 Å². The Bertz CT molecular complexity index is 764. The summed E-state index contributed by atoms with van der Waals surface area (Å²) in [6.07, 6.45) is 3.93. The van der Waals surface area contributed by atoms with Crippen LogP contribution in [0.2, 0.25) is 0 Å². The van der Waals surface area contributed by atoms with E-state index in [4.69, 9.17) is 4.74 Å². The lowest BCUT2D eigenvalue weighted by Crippen LogP contribution is -2.15. The van der Waals surface area contributed by atoms with Crippen LogP contribution in [0.5, 0.6) is 0 Å². The SMILES string of the molecule is c1ccc(-n2ccc(Nc3nc(C4CCOCC4)ns3)n2)cc1. The minimum atomic E-state index is 0.414. The summed E-state index contributed by atoms with van der Waals surface area (Å²) in [5.74, 6) is 2.10. The number of ether oxygens (including phenoxy) is 1. The standard InChI is InChI=1S/C16H17N5OS/c1-2-4-13(5-3-1)21-9-6-14(19-21)17-16-18-15(20-23-16)12-7-10-22-11-8-12/h1-6,9,12H,7-8,10-11H2,(H,17,18,19,20). The van der Waals surface area contributed by atoms with Gasteiger partial charge in [0.15, 0.2) is 5.82 Å². The first-order chi connectivity index (χ1) is 11.4. The van der Waals surface area contributed by atoms with Crippen LogP contribution in [0, 0.1) is 0 Å². The van der Waals surface area contributed by atoms with E-state index >= 15 is 0 Å². The van der Waals surface area contributed by atoms with Gasteiger partial charge in [-0.2, -0.15) is 9.47 Å². The monoisotopic (exact) mass is 327 g/mol. The third-order valence-electron chi connectivity index (χ3n) is 3.87. The molecule has 0 unspecified atom stereocenters. The average molecular weight is 327 g/mol. The highest BCUT2D eigenvalue weighted by atomic mass is 32.1. The molecule has 1 fully saturated rings. The Labute approximate surface area is 138 Å². The lowest BCUT2D eigenvalue weighted by Gasteiger charge is -2.18. The van der Waals surface area contributed by atoms with Gasteiger partial charge in [0, 0.05) is 42.9 Å². The zero-order valence-corrected chi connectivity index (χ0v) is 13.4. The Morgan fingerprint density at radius 3 is 2.78 bits per heavy atom. The fourth-order valence-electron chi connectivity index (χ4n) is 2.63. The topological polar surface area (TPSA) is 64.9 Å². The van der Waals surface area contributed by atoms with Crippen LogP contribution in [0.15, 0.2) is 42.6 Å². The van der Waals surface area contributed by atoms with Crippen molar-refractivity contribution in [3.05, 3.63) is 48.4 Å². The highest BCUT2D eigenvalue weighted by Crippen LogP contribution is 2.28. The van der Waals surface area contributed by atoms with Crippen LogP contribution >= 0.6 is 11.5 Å². The molecule has 2 aromatic heterocycles. The van der Waals surface area contributed by atoms with Crippen LogP contribution in [0.3, 0.4) is 0 Å². The van der Waals surface area contributed by atoms with E-state index in [1.165, 1.54) is 11.5 Å². The lowest BCUT2D eigenvalue weighted by molar-refractivity contribution is 0.0838. The minimum absolute atomic E-state index is 0.414. The van der Waals surface area contributed by atoms with E-state index in [1.54, 1.807) is 0 Å². The number of benzene rings is 1. The van der Waals surface area contributed by atoms with Gasteiger partial charge < -0.3 is 10.1 Å². The molecule has 1 aliphatic heterocycles. The molecule has 0 saturated carbocycles. The van der Waals surface area contributed by atoms with Gasteiger partial charge in [-0.15, -0.1) is 0 Å². The quantitative estimate of drug-likeness (QED) is 0.796. The normalized spacial score (nSPS) is 15.7. The maximum atomic E-state index is 5.39. The number of aromatic nitrogens is 4. The molecule has 3 heterocycles. The van der Waals surface area contributed by atoms with E-state index in [-0.39, 0.29) is 0 Å². The first kappa shape index (κ1) is 14.3. The summed E-state index contributed by atoms with van der Waals surface area (Å²) < 4.78 is 11.7. The van der Waals surface area contributed by atoms with Crippen LogP contribution < -0.4 is 5.32 Å². The predicted molar refractivity (Wildman–Crippen MR) is 89.5 cm³/mol. The predicted octanol–water partition coefficient (Wildman–Crippen LogP) is 3.36. The third-order valence-corrected chi connectivity index (χ3v) is 4.52.